The molecule has 5 heteroatoms. The van der Waals surface area contributed by atoms with Crippen molar-refractivity contribution in [2.75, 3.05) is 6.26 Å². The summed E-state index contributed by atoms with van der Waals surface area (Å²) in [7, 11) is 0. The van der Waals surface area contributed by atoms with E-state index in [0.29, 0.717) is 5.65 Å². The summed E-state index contributed by atoms with van der Waals surface area (Å²) in [5, 5.41) is 4.36. The molecule has 0 aliphatic rings. The molecule has 80 valence electrons. The summed E-state index contributed by atoms with van der Waals surface area (Å²) in [4.78, 5) is 12.0. The van der Waals surface area contributed by atoms with Crippen molar-refractivity contribution in [2.45, 2.75) is 19.2 Å². The molecular formula is C10H13N3OS. The number of aromatic nitrogens is 3. The molecule has 0 saturated carbocycles. The summed E-state index contributed by atoms with van der Waals surface area (Å²) in [5.41, 5.74) is 1.56. The molecule has 1 atom stereocenters. The number of nitrogens with zero attached hydrogens (tertiary/aromatic N) is 3. The van der Waals surface area contributed by atoms with E-state index in [2.05, 4.69) is 5.10 Å². The van der Waals surface area contributed by atoms with Crippen LogP contribution in [0.2, 0.25) is 0 Å². The van der Waals surface area contributed by atoms with E-state index >= 15 is 0 Å². The van der Waals surface area contributed by atoms with E-state index in [4.69, 9.17) is 0 Å². The number of rotatable bonds is 2. The molecule has 0 aliphatic heterocycles. The largest absolute Gasteiger partial charge is 0.351 e. The highest BCUT2D eigenvalue weighted by molar-refractivity contribution is 7.98. The second-order valence-corrected chi connectivity index (χ2v) is 4.58. The summed E-state index contributed by atoms with van der Waals surface area (Å²) in [6, 6.07) is 5.66. The van der Waals surface area contributed by atoms with Gasteiger partial charge in [-0.05, 0) is 32.2 Å². The van der Waals surface area contributed by atoms with Crippen LogP contribution in [0.3, 0.4) is 0 Å². The first-order chi connectivity index (χ1) is 7.15. The van der Waals surface area contributed by atoms with Crippen LogP contribution in [0.4, 0.5) is 0 Å². The lowest BCUT2D eigenvalue weighted by molar-refractivity contribution is 0.617. The fourth-order valence-corrected chi connectivity index (χ4v) is 1.86. The Morgan fingerprint density at radius 3 is 2.80 bits per heavy atom. The number of hydrogen-bond donors (Lipinski definition) is 0. The zero-order chi connectivity index (χ0) is 11.0. The van der Waals surface area contributed by atoms with Gasteiger partial charge in [-0.2, -0.15) is 4.68 Å². The lowest BCUT2D eigenvalue weighted by Crippen LogP contribution is -2.23. The van der Waals surface area contributed by atoms with Gasteiger partial charge in [-0.1, -0.05) is 6.07 Å². The third-order valence-electron chi connectivity index (χ3n) is 2.45. The van der Waals surface area contributed by atoms with Gasteiger partial charge in [0.1, 0.15) is 0 Å². The Labute approximate surface area is 91.9 Å². The van der Waals surface area contributed by atoms with Crippen molar-refractivity contribution in [1.82, 2.24) is 14.2 Å². The maximum atomic E-state index is 12.0. The minimum Gasteiger partial charge on any atom is -0.247 e. The summed E-state index contributed by atoms with van der Waals surface area (Å²) in [6.45, 7) is 3.87. The van der Waals surface area contributed by atoms with Gasteiger partial charge in [-0.25, -0.2) is 9.20 Å². The zero-order valence-electron chi connectivity index (χ0n) is 8.97. The Bertz CT molecular complexity index is 543. The number of pyridine rings is 1. The molecule has 0 radical (unpaired) electrons. The van der Waals surface area contributed by atoms with Crippen LogP contribution in [-0.4, -0.2) is 20.4 Å². The quantitative estimate of drug-likeness (QED) is 0.777. The summed E-state index contributed by atoms with van der Waals surface area (Å²) in [5.74, 6) is 0. The van der Waals surface area contributed by atoms with Crippen LogP contribution in [0.25, 0.3) is 5.65 Å². The van der Waals surface area contributed by atoms with Crippen molar-refractivity contribution in [1.29, 1.82) is 0 Å². The summed E-state index contributed by atoms with van der Waals surface area (Å²) in [6.07, 6.45) is 1.97. The van der Waals surface area contributed by atoms with Crippen molar-refractivity contribution in [3.8, 4) is 0 Å². The highest BCUT2D eigenvalue weighted by atomic mass is 32.2. The number of thioether (sulfide) groups is 1. The molecule has 2 aromatic heterocycles. The van der Waals surface area contributed by atoms with Gasteiger partial charge in [0.15, 0.2) is 5.65 Å². The highest BCUT2D eigenvalue weighted by Gasteiger charge is 2.12. The third kappa shape index (κ3) is 1.56. The van der Waals surface area contributed by atoms with E-state index in [1.54, 1.807) is 16.2 Å². The van der Waals surface area contributed by atoms with E-state index in [9.17, 15) is 4.79 Å². The molecule has 4 nitrogen and oxygen atoms in total. The molecular weight excluding hydrogens is 210 g/mol. The maximum absolute atomic E-state index is 12.0. The van der Waals surface area contributed by atoms with Gasteiger partial charge in [0.05, 0.1) is 5.37 Å². The smallest absolute Gasteiger partial charge is 0.247 e. The van der Waals surface area contributed by atoms with Crippen LogP contribution in [0, 0.1) is 6.92 Å². The molecule has 0 bridgehead atoms. The Morgan fingerprint density at radius 2 is 2.20 bits per heavy atom. The van der Waals surface area contributed by atoms with Gasteiger partial charge >= 0.3 is 5.69 Å². The first-order valence-electron chi connectivity index (χ1n) is 4.75. The molecule has 15 heavy (non-hydrogen) atoms. The van der Waals surface area contributed by atoms with Crippen molar-refractivity contribution >= 4 is 17.4 Å². The molecule has 2 aromatic rings. The number of hydrogen-bond acceptors (Lipinski definition) is 3. The van der Waals surface area contributed by atoms with E-state index in [1.165, 1.54) is 4.68 Å². The summed E-state index contributed by atoms with van der Waals surface area (Å²) >= 11 is 1.60. The van der Waals surface area contributed by atoms with Crippen molar-refractivity contribution in [3.63, 3.8) is 0 Å². The van der Waals surface area contributed by atoms with Crippen molar-refractivity contribution in [2.24, 2.45) is 0 Å². The van der Waals surface area contributed by atoms with Gasteiger partial charge in [0, 0.05) is 5.69 Å². The second-order valence-electron chi connectivity index (χ2n) is 3.42. The molecule has 0 saturated heterocycles. The molecule has 0 spiro atoms. The van der Waals surface area contributed by atoms with Crippen molar-refractivity contribution < 1.29 is 0 Å². The standard InChI is InChI=1S/C10H13N3OS/c1-7-5-4-6-9-11-13(8(2)15-3)10(14)12(7)9/h4-6,8H,1-3H3. The Kier molecular flexibility index (Phi) is 2.56. The Morgan fingerprint density at radius 1 is 1.47 bits per heavy atom. The van der Waals surface area contributed by atoms with E-state index in [-0.39, 0.29) is 11.1 Å². The first-order valence-corrected chi connectivity index (χ1v) is 6.03. The van der Waals surface area contributed by atoms with Gasteiger partial charge in [-0.3, -0.25) is 0 Å². The monoisotopic (exact) mass is 223 g/mol. The molecule has 0 N–H and O–H groups in total. The molecule has 0 aromatic carbocycles. The lowest BCUT2D eigenvalue weighted by atomic mass is 10.4. The fraction of sp³-hybridized carbons (Fsp3) is 0.400. The van der Waals surface area contributed by atoms with E-state index < -0.39 is 0 Å². The van der Waals surface area contributed by atoms with Crippen LogP contribution in [-0.2, 0) is 0 Å². The van der Waals surface area contributed by atoms with Gasteiger partial charge in [-0.15, -0.1) is 16.9 Å². The molecule has 1 unspecified atom stereocenters. The fourth-order valence-electron chi connectivity index (χ4n) is 1.52. The van der Waals surface area contributed by atoms with E-state index in [1.807, 2.05) is 38.3 Å². The predicted molar refractivity (Wildman–Crippen MR) is 62.4 cm³/mol. The highest BCUT2D eigenvalue weighted by Crippen LogP contribution is 2.15. The minimum absolute atomic E-state index is 0.0649. The minimum atomic E-state index is -0.0649. The molecule has 2 heterocycles. The molecule has 0 fully saturated rings. The topological polar surface area (TPSA) is 39.3 Å². The molecule has 0 aliphatic carbocycles. The Hall–Kier alpha value is -1.23. The molecule has 2 rings (SSSR count). The normalized spacial score (nSPS) is 13.3. The Balaban J connectivity index is 2.76. The summed E-state index contributed by atoms with van der Waals surface area (Å²) < 4.78 is 3.15. The van der Waals surface area contributed by atoms with Gasteiger partial charge in [0.2, 0.25) is 0 Å². The number of aryl methyl sites for hydroxylation is 1. The lowest BCUT2D eigenvalue weighted by Gasteiger charge is -2.04. The van der Waals surface area contributed by atoms with Crippen LogP contribution < -0.4 is 5.69 Å². The zero-order valence-corrected chi connectivity index (χ0v) is 9.78. The third-order valence-corrected chi connectivity index (χ3v) is 3.33. The van der Waals surface area contributed by atoms with Crippen LogP contribution in [0.15, 0.2) is 23.0 Å². The average molecular weight is 223 g/mol. The van der Waals surface area contributed by atoms with Crippen molar-refractivity contribution in [3.05, 3.63) is 34.4 Å². The van der Waals surface area contributed by atoms with Crippen LogP contribution >= 0.6 is 11.8 Å². The SMILES string of the molecule is CSC(C)n1nc2cccc(C)n2c1=O. The van der Waals surface area contributed by atoms with Gasteiger partial charge in [0.25, 0.3) is 0 Å². The van der Waals surface area contributed by atoms with Gasteiger partial charge < -0.3 is 0 Å². The number of fused-ring (bicyclic) bond motifs is 1. The van der Waals surface area contributed by atoms with Crippen LogP contribution in [0.5, 0.6) is 0 Å². The van der Waals surface area contributed by atoms with E-state index in [0.717, 1.165) is 5.69 Å². The second kappa shape index (κ2) is 3.73. The average Bonchev–Trinajstić information content (AvgIpc) is 2.56. The maximum Gasteiger partial charge on any atom is 0.351 e. The van der Waals surface area contributed by atoms with Crippen LogP contribution in [0.1, 0.15) is 18.0 Å². The molecule has 0 amide bonds. The first kappa shape index (κ1) is 10.3. The predicted octanol–water partition coefficient (Wildman–Crippen LogP) is 1.69.